The van der Waals surface area contributed by atoms with Crippen LogP contribution < -0.4 is 5.32 Å². The van der Waals surface area contributed by atoms with Crippen molar-refractivity contribution in [3.8, 4) is 0 Å². The minimum absolute atomic E-state index is 0.0805. The molecule has 0 spiro atoms. The minimum atomic E-state index is -0.0805. The van der Waals surface area contributed by atoms with Crippen molar-refractivity contribution < 1.29 is 4.74 Å². The molecule has 2 unspecified atom stereocenters. The van der Waals surface area contributed by atoms with Crippen molar-refractivity contribution in [2.24, 2.45) is 0 Å². The fraction of sp³-hybridized carbons (Fsp3) is 0.647. The fourth-order valence-corrected chi connectivity index (χ4v) is 2.80. The standard InChI is InChI=1S/C17H28N2O/c1-14-11-18-16(10-15-8-6-5-7-9-15)12-19(14)13-17(2,3)20-4/h5-9,14,16,18H,10-13H2,1-4H3. The van der Waals surface area contributed by atoms with Crippen LogP contribution in [0, 0.1) is 0 Å². The van der Waals surface area contributed by atoms with Gasteiger partial charge in [0.1, 0.15) is 0 Å². The van der Waals surface area contributed by atoms with E-state index in [0.717, 1.165) is 26.1 Å². The van der Waals surface area contributed by atoms with Gasteiger partial charge in [0.25, 0.3) is 0 Å². The van der Waals surface area contributed by atoms with Gasteiger partial charge in [-0.15, -0.1) is 0 Å². The van der Waals surface area contributed by atoms with E-state index in [9.17, 15) is 0 Å². The number of rotatable bonds is 5. The molecule has 0 aromatic heterocycles. The van der Waals surface area contributed by atoms with Crippen LogP contribution in [0.5, 0.6) is 0 Å². The number of nitrogens with one attached hydrogen (secondary N) is 1. The Bertz CT molecular complexity index is 405. The van der Waals surface area contributed by atoms with Crippen LogP contribution in [0.3, 0.4) is 0 Å². The molecule has 0 radical (unpaired) electrons. The highest BCUT2D eigenvalue weighted by Gasteiger charge is 2.29. The average molecular weight is 276 g/mol. The van der Waals surface area contributed by atoms with Crippen molar-refractivity contribution in [1.82, 2.24) is 10.2 Å². The molecule has 1 N–H and O–H groups in total. The summed E-state index contributed by atoms with van der Waals surface area (Å²) in [6.07, 6.45) is 1.09. The van der Waals surface area contributed by atoms with Crippen LogP contribution in [-0.4, -0.2) is 49.3 Å². The van der Waals surface area contributed by atoms with Crippen molar-refractivity contribution in [2.75, 3.05) is 26.7 Å². The molecule has 2 atom stereocenters. The predicted molar refractivity (Wildman–Crippen MR) is 84.1 cm³/mol. The molecule has 0 saturated carbocycles. The van der Waals surface area contributed by atoms with E-state index in [1.165, 1.54) is 5.56 Å². The minimum Gasteiger partial charge on any atom is -0.377 e. The van der Waals surface area contributed by atoms with Crippen LogP contribution in [-0.2, 0) is 11.2 Å². The Morgan fingerprint density at radius 3 is 2.65 bits per heavy atom. The van der Waals surface area contributed by atoms with Crippen molar-refractivity contribution in [3.05, 3.63) is 35.9 Å². The molecule has 1 saturated heterocycles. The van der Waals surface area contributed by atoms with E-state index < -0.39 is 0 Å². The molecule has 0 amide bonds. The van der Waals surface area contributed by atoms with Crippen molar-refractivity contribution in [1.29, 1.82) is 0 Å². The summed E-state index contributed by atoms with van der Waals surface area (Å²) in [5.74, 6) is 0. The summed E-state index contributed by atoms with van der Waals surface area (Å²) < 4.78 is 5.58. The molecular formula is C17H28N2O. The van der Waals surface area contributed by atoms with Gasteiger partial charge in [-0.2, -0.15) is 0 Å². The van der Waals surface area contributed by atoms with E-state index in [1.807, 2.05) is 0 Å². The second-order valence-electron chi connectivity index (χ2n) is 6.54. The number of hydrogen-bond acceptors (Lipinski definition) is 3. The number of piperazine rings is 1. The Hall–Kier alpha value is -0.900. The van der Waals surface area contributed by atoms with Crippen molar-refractivity contribution in [2.45, 2.75) is 44.9 Å². The first-order valence-electron chi connectivity index (χ1n) is 7.57. The third-order valence-electron chi connectivity index (χ3n) is 4.24. The molecule has 0 aliphatic carbocycles. The van der Waals surface area contributed by atoms with Crippen LogP contribution >= 0.6 is 0 Å². The molecule has 1 aliphatic heterocycles. The lowest BCUT2D eigenvalue weighted by Crippen LogP contribution is -2.58. The Morgan fingerprint density at radius 2 is 2.00 bits per heavy atom. The van der Waals surface area contributed by atoms with E-state index >= 15 is 0 Å². The zero-order valence-electron chi connectivity index (χ0n) is 13.2. The van der Waals surface area contributed by atoms with Crippen LogP contribution in [0.4, 0.5) is 0 Å². The van der Waals surface area contributed by atoms with E-state index in [1.54, 1.807) is 7.11 Å². The SMILES string of the molecule is COC(C)(C)CN1CC(Cc2ccccc2)NCC1C. The van der Waals surface area contributed by atoms with Gasteiger partial charge in [0.05, 0.1) is 5.60 Å². The molecule has 1 heterocycles. The number of ether oxygens (including phenoxy) is 1. The van der Waals surface area contributed by atoms with E-state index in [-0.39, 0.29) is 5.60 Å². The summed E-state index contributed by atoms with van der Waals surface area (Å²) in [4.78, 5) is 2.55. The quantitative estimate of drug-likeness (QED) is 0.893. The summed E-state index contributed by atoms with van der Waals surface area (Å²) in [6.45, 7) is 9.73. The normalized spacial score (nSPS) is 24.8. The number of nitrogens with zero attached hydrogens (tertiary/aromatic N) is 1. The first kappa shape index (κ1) is 15.5. The highest BCUT2D eigenvalue weighted by atomic mass is 16.5. The maximum Gasteiger partial charge on any atom is 0.0749 e. The first-order valence-corrected chi connectivity index (χ1v) is 7.57. The molecule has 1 fully saturated rings. The highest BCUT2D eigenvalue weighted by molar-refractivity contribution is 5.16. The molecule has 0 bridgehead atoms. The number of hydrogen-bond donors (Lipinski definition) is 1. The third-order valence-corrected chi connectivity index (χ3v) is 4.24. The predicted octanol–water partition coefficient (Wildman–Crippen LogP) is 2.32. The summed E-state index contributed by atoms with van der Waals surface area (Å²) in [6, 6.07) is 11.8. The molecule has 1 aliphatic rings. The van der Waals surface area contributed by atoms with Gasteiger partial charge in [0, 0.05) is 38.8 Å². The molecule has 3 nitrogen and oxygen atoms in total. The van der Waals surface area contributed by atoms with Gasteiger partial charge in [0.15, 0.2) is 0 Å². The van der Waals surface area contributed by atoms with Crippen LogP contribution in [0.15, 0.2) is 30.3 Å². The highest BCUT2D eigenvalue weighted by Crippen LogP contribution is 2.17. The van der Waals surface area contributed by atoms with E-state index in [4.69, 9.17) is 4.74 Å². The van der Waals surface area contributed by atoms with Crippen LogP contribution in [0.2, 0.25) is 0 Å². The fourth-order valence-electron chi connectivity index (χ4n) is 2.80. The second kappa shape index (κ2) is 6.70. The third kappa shape index (κ3) is 4.30. The molecular weight excluding hydrogens is 248 g/mol. The molecule has 2 rings (SSSR count). The monoisotopic (exact) mass is 276 g/mol. The zero-order valence-corrected chi connectivity index (χ0v) is 13.2. The molecule has 112 valence electrons. The van der Waals surface area contributed by atoms with Crippen molar-refractivity contribution in [3.63, 3.8) is 0 Å². The number of methoxy groups -OCH3 is 1. The summed E-state index contributed by atoms with van der Waals surface area (Å²) in [7, 11) is 1.80. The lowest BCUT2D eigenvalue weighted by atomic mass is 10.00. The van der Waals surface area contributed by atoms with Gasteiger partial charge >= 0.3 is 0 Å². The van der Waals surface area contributed by atoms with E-state index in [2.05, 4.69) is 61.3 Å². The second-order valence-corrected chi connectivity index (χ2v) is 6.54. The lowest BCUT2D eigenvalue weighted by molar-refractivity contribution is -0.0245. The van der Waals surface area contributed by atoms with Gasteiger partial charge in [-0.1, -0.05) is 30.3 Å². The van der Waals surface area contributed by atoms with Crippen molar-refractivity contribution >= 4 is 0 Å². The van der Waals surface area contributed by atoms with Gasteiger partial charge < -0.3 is 10.1 Å². The summed E-state index contributed by atoms with van der Waals surface area (Å²) >= 11 is 0. The molecule has 3 heteroatoms. The lowest BCUT2D eigenvalue weighted by Gasteiger charge is -2.42. The van der Waals surface area contributed by atoms with Gasteiger partial charge in [-0.25, -0.2) is 0 Å². The Labute approximate surface area is 123 Å². The van der Waals surface area contributed by atoms with Crippen LogP contribution in [0.25, 0.3) is 0 Å². The largest absolute Gasteiger partial charge is 0.377 e. The number of benzene rings is 1. The first-order chi connectivity index (χ1) is 9.50. The maximum atomic E-state index is 5.58. The smallest absolute Gasteiger partial charge is 0.0749 e. The topological polar surface area (TPSA) is 24.5 Å². The Balaban J connectivity index is 1.94. The average Bonchev–Trinajstić information content (AvgIpc) is 2.43. The summed E-state index contributed by atoms with van der Waals surface area (Å²) in [5, 5.41) is 3.67. The van der Waals surface area contributed by atoms with Gasteiger partial charge in [0.2, 0.25) is 0 Å². The van der Waals surface area contributed by atoms with E-state index in [0.29, 0.717) is 12.1 Å². The Kier molecular flexibility index (Phi) is 5.19. The summed E-state index contributed by atoms with van der Waals surface area (Å²) in [5.41, 5.74) is 1.33. The van der Waals surface area contributed by atoms with Gasteiger partial charge in [-0.05, 0) is 32.8 Å². The van der Waals surface area contributed by atoms with Crippen LogP contribution in [0.1, 0.15) is 26.3 Å². The molecule has 20 heavy (non-hydrogen) atoms. The van der Waals surface area contributed by atoms with Gasteiger partial charge in [-0.3, -0.25) is 4.90 Å². The zero-order chi connectivity index (χ0) is 14.6. The maximum absolute atomic E-state index is 5.58. The Morgan fingerprint density at radius 1 is 1.30 bits per heavy atom. The molecule has 1 aromatic carbocycles. The molecule has 1 aromatic rings.